The van der Waals surface area contributed by atoms with E-state index in [1.54, 1.807) is 6.07 Å². The lowest BCUT2D eigenvalue weighted by Crippen LogP contribution is -1.94. The Kier molecular flexibility index (Phi) is 4.33. The van der Waals surface area contributed by atoms with Gasteiger partial charge >= 0.3 is 0 Å². The number of phenolic OH excluding ortho intramolecular Hbond substituents is 2. The molecule has 20 heavy (non-hydrogen) atoms. The Labute approximate surface area is 120 Å². The summed E-state index contributed by atoms with van der Waals surface area (Å²) in [6.07, 6.45) is 2.39. The minimum Gasteiger partial charge on any atom is -0.508 e. The molecule has 2 heteroatoms. The molecule has 0 spiro atoms. The van der Waals surface area contributed by atoms with Gasteiger partial charge in [0.15, 0.2) is 0 Å². The second-order valence-corrected chi connectivity index (χ2v) is 5.01. The van der Waals surface area contributed by atoms with Crippen LogP contribution in [0, 0.1) is 0 Å². The van der Waals surface area contributed by atoms with Crippen molar-refractivity contribution in [3.63, 3.8) is 0 Å². The van der Waals surface area contributed by atoms with Crippen molar-refractivity contribution in [3.8, 4) is 22.6 Å². The van der Waals surface area contributed by atoms with Crippen LogP contribution in [0.1, 0.15) is 37.5 Å². The van der Waals surface area contributed by atoms with E-state index >= 15 is 0 Å². The number of benzene rings is 2. The summed E-state index contributed by atoms with van der Waals surface area (Å²) in [7, 11) is 0. The molecule has 0 heterocycles. The number of rotatable bonds is 4. The number of aromatic hydroxyl groups is 2. The van der Waals surface area contributed by atoms with Crippen molar-refractivity contribution >= 4 is 0 Å². The number of phenols is 2. The number of hydrogen-bond acceptors (Lipinski definition) is 2. The summed E-state index contributed by atoms with van der Waals surface area (Å²) >= 11 is 0. The van der Waals surface area contributed by atoms with Gasteiger partial charge in [0.25, 0.3) is 0 Å². The van der Waals surface area contributed by atoms with Crippen LogP contribution in [0.4, 0.5) is 0 Å². The SMILES string of the molecule is CCc1ccc(-c2c(CC)cc(O)c(CC)c2O)cc1. The van der Waals surface area contributed by atoms with E-state index in [1.165, 1.54) is 5.56 Å². The fourth-order valence-corrected chi connectivity index (χ4v) is 2.61. The van der Waals surface area contributed by atoms with Gasteiger partial charge in [0, 0.05) is 11.1 Å². The molecule has 106 valence electrons. The van der Waals surface area contributed by atoms with E-state index in [0.29, 0.717) is 12.0 Å². The third-order valence-electron chi connectivity index (χ3n) is 3.85. The molecular weight excluding hydrogens is 248 g/mol. The van der Waals surface area contributed by atoms with E-state index in [0.717, 1.165) is 29.5 Å². The predicted octanol–water partition coefficient (Wildman–Crippen LogP) is 4.45. The van der Waals surface area contributed by atoms with E-state index in [4.69, 9.17) is 0 Å². The lowest BCUT2D eigenvalue weighted by atomic mass is 9.92. The average Bonchev–Trinajstić information content (AvgIpc) is 2.47. The first-order valence-corrected chi connectivity index (χ1v) is 7.28. The Morgan fingerprint density at radius 2 is 1.50 bits per heavy atom. The van der Waals surface area contributed by atoms with Gasteiger partial charge in [-0.1, -0.05) is 45.0 Å². The van der Waals surface area contributed by atoms with Crippen LogP contribution in [0.5, 0.6) is 11.5 Å². The zero-order valence-corrected chi connectivity index (χ0v) is 12.4. The highest BCUT2D eigenvalue weighted by molar-refractivity contribution is 5.77. The standard InChI is InChI=1S/C18H22O2/c1-4-12-7-9-14(10-8-12)17-13(5-2)11-16(19)15(6-3)18(17)20/h7-11,19-20H,4-6H2,1-3H3. The van der Waals surface area contributed by atoms with Crippen molar-refractivity contribution in [2.24, 2.45) is 0 Å². The maximum atomic E-state index is 10.5. The molecular formula is C18H22O2. The molecule has 0 fully saturated rings. The Morgan fingerprint density at radius 1 is 0.850 bits per heavy atom. The third-order valence-corrected chi connectivity index (χ3v) is 3.85. The monoisotopic (exact) mass is 270 g/mol. The Balaban J connectivity index is 2.64. The predicted molar refractivity (Wildman–Crippen MR) is 83.3 cm³/mol. The molecule has 0 bridgehead atoms. The summed E-state index contributed by atoms with van der Waals surface area (Å²) in [5, 5.41) is 20.5. The smallest absolute Gasteiger partial charge is 0.130 e. The van der Waals surface area contributed by atoms with Gasteiger partial charge in [0.05, 0.1) is 0 Å². The first-order chi connectivity index (χ1) is 9.62. The van der Waals surface area contributed by atoms with Crippen LogP contribution in [0.25, 0.3) is 11.1 Å². The zero-order valence-electron chi connectivity index (χ0n) is 12.4. The minimum atomic E-state index is 0.191. The maximum Gasteiger partial charge on any atom is 0.130 e. The molecule has 0 atom stereocenters. The molecule has 0 radical (unpaired) electrons. The summed E-state index contributed by atoms with van der Waals surface area (Å²) in [5.74, 6) is 0.407. The van der Waals surface area contributed by atoms with Gasteiger partial charge in [-0.2, -0.15) is 0 Å². The molecule has 0 aliphatic heterocycles. The van der Waals surface area contributed by atoms with Crippen molar-refractivity contribution in [2.45, 2.75) is 40.0 Å². The van der Waals surface area contributed by atoms with Crippen LogP contribution in [0.3, 0.4) is 0 Å². The second-order valence-electron chi connectivity index (χ2n) is 5.01. The summed E-state index contributed by atoms with van der Waals surface area (Å²) in [6.45, 7) is 6.09. The van der Waals surface area contributed by atoms with E-state index in [-0.39, 0.29) is 11.5 Å². The highest BCUT2D eigenvalue weighted by Gasteiger charge is 2.16. The Bertz CT molecular complexity index is 598. The van der Waals surface area contributed by atoms with E-state index in [2.05, 4.69) is 19.1 Å². The molecule has 2 nitrogen and oxygen atoms in total. The van der Waals surface area contributed by atoms with Crippen LogP contribution in [-0.4, -0.2) is 10.2 Å². The third kappa shape index (κ3) is 2.51. The first kappa shape index (κ1) is 14.4. The largest absolute Gasteiger partial charge is 0.508 e. The summed E-state index contributed by atoms with van der Waals surface area (Å²) in [6, 6.07) is 10.0. The number of hydrogen-bond donors (Lipinski definition) is 2. The molecule has 0 saturated heterocycles. The number of aryl methyl sites for hydroxylation is 2. The van der Waals surface area contributed by atoms with Crippen LogP contribution in [0.2, 0.25) is 0 Å². The van der Waals surface area contributed by atoms with Gasteiger partial charge < -0.3 is 10.2 Å². The summed E-state index contributed by atoms with van der Waals surface area (Å²) in [4.78, 5) is 0. The van der Waals surface area contributed by atoms with Crippen molar-refractivity contribution in [1.82, 2.24) is 0 Å². The van der Waals surface area contributed by atoms with Crippen molar-refractivity contribution in [1.29, 1.82) is 0 Å². The summed E-state index contributed by atoms with van der Waals surface area (Å²) < 4.78 is 0. The van der Waals surface area contributed by atoms with Gasteiger partial charge in [-0.15, -0.1) is 0 Å². The normalized spacial score (nSPS) is 10.8. The lowest BCUT2D eigenvalue weighted by Gasteiger charge is -2.16. The highest BCUT2D eigenvalue weighted by atomic mass is 16.3. The second kappa shape index (κ2) is 6.00. The maximum absolute atomic E-state index is 10.5. The van der Waals surface area contributed by atoms with Crippen LogP contribution >= 0.6 is 0 Å². The quantitative estimate of drug-likeness (QED) is 0.861. The Morgan fingerprint density at radius 3 is 2.00 bits per heavy atom. The molecule has 0 unspecified atom stereocenters. The van der Waals surface area contributed by atoms with Crippen LogP contribution in [-0.2, 0) is 19.3 Å². The van der Waals surface area contributed by atoms with Gasteiger partial charge in [-0.05, 0) is 42.0 Å². The molecule has 2 aromatic rings. The van der Waals surface area contributed by atoms with E-state index in [1.807, 2.05) is 26.0 Å². The zero-order chi connectivity index (χ0) is 14.7. The topological polar surface area (TPSA) is 40.5 Å². The van der Waals surface area contributed by atoms with Crippen molar-refractivity contribution in [3.05, 3.63) is 47.0 Å². The van der Waals surface area contributed by atoms with Gasteiger partial charge in [0.2, 0.25) is 0 Å². The van der Waals surface area contributed by atoms with Crippen molar-refractivity contribution in [2.75, 3.05) is 0 Å². The molecule has 2 aromatic carbocycles. The Hall–Kier alpha value is -1.96. The lowest BCUT2D eigenvalue weighted by molar-refractivity contribution is 0.440. The molecule has 2 N–H and O–H groups in total. The van der Waals surface area contributed by atoms with E-state index in [9.17, 15) is 10.2 Å². The molecule has 0 amide bonds. The molecule has 0 aromatic heterocycles. The molecule has 0 saturated carbocycles. The fraction of sp³-hybridized carbons (Fsp3) is 0.333. The van der Waals surface area contributed by atoms with Crippen LogP contribution in [0.15, 0.2) is 30.3 Å². The average molecular weight is 270 g/mol. The van der Waals surface area contributed by atoms with Crippen molar-refractivity contribution < 1.29 is 10.2 Å². The van der Waals surface area contributed by atoms with Crippen LogP contribution < -0.4 is 0 Å². The van der Waals surface area contributed by atoms with Gasteiger partial charge in [-0.3, -0.25) is 0 Å². The van der Waals surface area contributed by atoms with Gasteiger partial charge in [-0.25, -0.2) is 0 Å². The fourth-order valence-electron chi connectivity index (χ4n) is 2.61. The summed E-state index contributed by atoms with van der Waals surface area (Å²) in [5.41, 5.74) is 4.73. The molecule has 0 aliphatic rings. The minimum absolute atomic E-state index is 0.191. The first-order valence-electron chi connectivity index (χ1n) is 7.28. The molecule has 2 rings (SSSR count). The van der Waals surface area contributed by atoms with E-state index < -0.39 is 0 Å². The molecule has 0 aliphatic carbocycles. The van der Waals surface area contributed by atoms with Gasteiger partial charge in [0.1, 0.15) is 11.5 Å². The highest BCUT2D eigenvalue weighted by Crippen LogP contribution is 2.40.